The number of nitrogens with zero attached hydrogens (tertiary/aromatic N) is 3. The third-order valence-electron chi connectivity index (χ3n) is 1.84. The predicted octanol–water partition coefficient (Wildman–Crippen LogP) is 1.36. The number of nitriles is 1. The highest BCUT2D eigenvalue weighted by atomic mass is 19.2. The number of aromatic nitrogens is 2. The van der Waals surface area contributed by atoms with Gasteiger partial charge < -0.3 is 5.73 Å². The number of fused-ring (bicyclic) bond motifs is 1. The number of anilines is 1. The Morgan fingerprint density at radius 1 is 1.13 bits per heavy atom. The van der Waals surface area contributed by atoms with Gasteiger partial charge in [0.1, 0.15) is 6.07 Å². The van der Waals surface area contributed by atoms with Crippen LogP contribution in [0.4, 0.5) is 14.6 Å². The molecule has 74 valence electrons. The highest BCUT2D eigenvalue weighted by molar-refractivity contribution is 5.77. The zero-order chi connectivity index (χ0) is 11.0. The van der Waals surface area contributed by atoms with Crippen LogP contribution in [0, 0.1) is 23.0 Å². The topological polar surface area (TPSA) is 75.6 Å². The van der Waals surface area contributed by atoms with E-state index in [1.165, 1.54) is 0 Å². The lowest BCUT2D eigenvalue weighted by Crippen LogP contribution is -1.99. The highest BCUT2D eigenvalue weighted by Gasteiger charge is 2.09. The van der Waals surface area contributed by atoms with Gasteiger partial charge in [0, 0.05) is 12.1 Å². The van der Waals surface area contributed by atoms with Gasteiger partial charge in [-0.3, -0.25) is 0 Å². The van der Waals surface area contributed by atoms with E-state index >= 15 is 0 Å². The van der Waals surface area contributed by atoms with Crippen molar-refractivity contribution in [2.75, 3.05) is 5.73 Å². The number of hydrogen-bond donors (Lipinski definition) is 1. The van der Waals surface area contributed by atoms with E-state index in [0.29, 0.717) is 0 Å². The molecule has 1 aromatic carbocycles. The van der Waals surface area contributed by atoms with E-state index in [0.717, 1.165) is 12.1 Å². The Bertz CT molecular complexity index is 589. The fraction of sp³-hybridized carbons (Fsp3) is 0. The fourth-order valence-electron chi connectivity index (χ4n) is 1.15. The molecule has 1 aromatic heterocycles. The first-order valence-corrected chi connectivity index (χ1v) is 3.94. The number of rotatable bonds is 0. The second-order valence-electron chi connectivity index (χ2n) is 2.82. The summed E-state index contributed by atoms with van der Waals surface area (Å²) in [4.78, 5) is 7.47. The molecule has 2 N–H and O–H groups in total. The Morgan fingerprint density at radius 3 is 2.20 bits per heavy atom. The number of hydrogen-bond acceptors (Lipinski definition) is 4. The second kappa shape index (κ2) is 3.13. The van der Waals surface area contributed by atoms with E-state index in [4.69, 9.17) is 11.0 Å². The first kappa shape index (κ1) is 9.27. The van der Waals surface area contributed by atoms with Gasteiger partial charge in [-0.15, -0.1) is 0 Å². The molecular weight excluding hydrogens is 202 g/mol. The molecule has 0 fully saturated rings. The molecule has 0 atom stereocenters. The molecule has 6 heteroatoms. The smallest absolute Gasteiger partial charge is 0.183 e. The van der Waals surface area contributed by atoms with Crippen LogP contribution in [-0.4, -0.2) is 9.97 Å². The van der Waals surface area contributed by atoms with Crippen molar-refractivity contribution in [3.05, 3.63) is 29.5 Å². The molecule has 4 nitrogen and oxygen atoms in total. The summed E-state index contributed by atoms with van der Waals surface area (Å²) in [5.74, 6) is -2.16. The van der Waals surface area contributed by atoms with Gasteiger partial charge in [0.05, 0.1) is 11.0 Å². The SMILES string of the molecule is N#Cc1nc2cc(F)c(F)cc2nc1N. The molecule has 0 aliphatic heterocycles. The van der Waals surface area contributed by atoms with Gasteiger partial charge in [-0.05, 0) is 0 Å². The Labute approximate surface area is 83.0 Å². The Kier molecular flexibility index (Phi) is 1.94. The van der Waals surface area contributed by atoms with E-state index in [9.17, 15) is 8.78 Å². The van der Waals surface area contributed by atoms with Crippen molar-refractivity contribution in [2.45, 2.75) is 0 Å². The summed E-state index contributed by atoms with van der Waals surface area (Å²) < 4.78 is 25.6. The third-order valence-corrected chi connectivity index (χ3v) is 1.84. The first-order valence-electron chi connectivity index (χ1n) is 3.94. The normalized spacial score (nSPS) is 10.2. The van der Waals surface area contributed by atoms with Gasteiger partial charge in [-0.25, -0.2) is 18.7 Å². The standard InChI is InChI=1S/C9H4F2N4/c10-4-1-6-7(2-5(4)11)15-9(13)8(3-12)14-6/h1-2H,(H2,13,15). The number of benzene rings is 1. The molecule has 0 aliphatic carbocycles. The van der Waals surface area contributed by atoms with E-state index in [1.54, 1.807) is 6.07 Å². The fourth-order valence-corrected chi connectivity index (χ4v) is 1.15. The van der Waals surface area contributed by atoms with Crippen LogP contribution < -0.4 is 5.73 Å². The maximum absolute atomic E-state index is 12.8. The number of nitrogens with two attached hydrogens (primary N) is 1. The first-order chi connectivity index (χ1) is 7.11. The molecule has 2 rings (SSSR count). The van der Waals surface area contributed by atoms with Gasteiger partial charge in [0.15, 0.2) is 23.1 Å². The van der Waals surface area contributed by atoms with Crippen LogP contribution in [0.2, 0.25) is 0 Å². The molecule has 2 aromatic rings. The second-order valence-corrected chi connectivity index (χ2v) is 2.82. The summed E-state index contributed by atoms with van der Waals surface area (Å²) in [7, 11) is 0. The molecule has 0 bridgehead atoms. The summed E-state index contributed by atoms with van der Waals surface area (Å²) in [5.41, 5.74) is 5.48. The summed E-state index contributed by atoms with van der Waals surface area (Å²) in [6.45, 7) is 0. The lowest BCUT2D eigenvalue weighted by molar-refractivity contribution is 0.510. The van der Waals surface area contributed by atoms with Gasteiger partial charge in [-0.2, -0.15) is 5.26 Å². The van der Waals surface area contributed by atoms with E-state index in [2.05, 4.69) is 9.97 Å². The largest absolute Gasteiger partial charge is 0.381 e. The lowest BCUT2D eigenvalue weighted by Gasteiger charge is -2.00. The van der Waals surface area contributed by atoms with Crippen LogP contribution in [0.15, 0.2) is 12.1 Å². The molecule has 0 unspecified atom stereocenters. The van der Waals surface area contributed by atoms with Crippen molar-refractivity contribution in [1.82, 2.24) is 9.97 Å². The number of nitrogen functional groups attached to an aromatic ring is 1. The molecule has 0 saturated heterocycles. The minimum Gasteiger partial charge on any atom is -0.381 e. The van der Waals surface area contributed by atoms with Gasteiger partial charge in [-0.1, -0.05) is 0 Å². The molecule has 0 radical (unpaired) electrons. The van der Waals surface area contributed by atoms with Crippen LogP contribution in [-0.2, 0) is 0 Å². The monoisotopic (exact) mass is 206 g/mol. The van der Waals surface area contributed by atoms with Gasteiger partial charge >= 0.3 is 0 Å². The van der Waals surface area contributed by atoms with Gasteiger partial charge in [0.2, 0.25) is 0 Å². The van der Waals surface area contributed by atoms with E-state index in [-0.39, 0.29) is 22.5 Å². The maximum atomic E-state index is 12.8. The van der Waals surface area contributed by atoms with Crippen molar-refractivity contribution in [1.29, 1.82) is 5.26 Å². The average molecular weight is 206 g/mol. The highest BCUT2D eigenvalue weighted by Crippen LogP contribution is 2.17. The van der Waals surface area contributed by atoms with Crippen LogP contribution in [0.3, 0.4) is 0 Å². The Hall–Kier alpha value is -2.29. The molecular formula is C9H4F2N4. The van der Waals surface area contributed by atoms with Crippen molar-refractivity contribution >= 4 is 16.9 Å². The molecule has 0 spiro atoms. The van der Waals surface area contributed by atoms with Crippen LogP contribution in [0.1, 0.15) is 5.69 Å². The van der Waals surface area contributed by atoms with E-state index in [1.807, 2.05) is 0 Å². The average Bonchev–Trinajstić information content (AvgIpc) is 2.20. The van der Waals surface area contributed by atoms with Crippen molar-refractivity contribution in [3.63, 3.8) is 0 Å². The van der Waals surface area contributed by atoms with Crippen molar-refractivity contribution < 1.29 is 8.78 Å². The Balaban J connectivity index is 2.84. The zero-order valence-corrected chi connectivity index (χ0v) is 7.33. The lowest BCUT2D eigenvalue weighted by atomic mass is 10.2. The molecule has 0 saturated carbocycles. The van der Waals surface area contributed by atoms with Gasteiger partial charge in [0.25, 0.3) is 0 Å². The van der Waals surface area contributed by atoms with Crippen LogP contribution in [0.5, 0.6) is 0 Å². The summed E-state index contributed by atoms with van der Waals surface area (Å²) in [6.07, 6.45) is 0. The number of halogens is 2. The minimum atomic E-state index is -1.04. The summed E-state index contributed by atoms with van der Waals surface area (Å²) >= 11 is 0. The van der Waals surface area contributed by atoms with Crippen LogP contribution in [0.25, 0.3) is 11.0 Å². The van der Waals surface area contributed by atoms with Crippen molar-refractivity contribution in [3.8, 4) is 6.07 Å². The minimum absolute atomic E-state index is 0.0969. The predicted molar refractivity (Wildman–Crippen MR) is 48.6 cm³/mol. The molecule has 1 heterocycles. The quantitative estimate of drug-likeness (QED) is 0.706. The molecule has 0 amide bonds. The van der Waals surface area contributed by atoms with E-state index < -0.39 is 11.6 Å². The Morgan fingerprint density at radius 2 is 1.67 bits per heavy atom. The third kappa shape index (κ3) is 1.44. The zero-order valence-electron chi connectivity index (χ0n) is 7.33. The molecule has 0 aliphatic rings. The maximum Gasteiger partial charge on any atom is 0.183 e. The van der Waals surface area contributed by atoms with Crippen molar-refractivity contribution in [2.24, 2.45) is 0 Å². The summed E-state index contributed by atoms with van der Waals surface area (Å²) in [6, 6.07) is 3.46. The molecule has 15 heavy (non-hydrogen) atoms. The van der Waals surface area contributed by atoms with Crippen LogP contribution >= 0.6 is 0 Å². The summed E-state index contributed by atoms with van der Waals surface area (Å²) in [5, 5.41) is 8.60.